The summed E-state index contributed by atoms with van der Waals surface area (Å²) < 4.78 is 5.56. The first-order valence-corrected chi connectivity index (χ1v) is 10.2. The van der Waals surface area contributed by atoms with Crippen molar-refractivity contribution in [2.24, 2.45) is 4.99 Å². The van der Waals surface area contributed by atoms with Gasteiger partial charge in [-0.15, -0.1) is 0 Å². The first-order chi connectivity index (χ1) is 14.6. The molecule has 2 aromatic carbocycles. The summed E-state index contributed by atoms with van der Waals surface area (Å²) in [7, 11) is 1.62. The van der Waals surface area contributed by atoms with Gasteiger partial charge < -0.3 is 25.8 Å². The third-order valence-corrected chi connectivity index (χ3v) is 4.35. The third-order valence-electron chi connectivity index (χ3n) is 4.35. The number of carbonyl (C=O) groups excluding carboxylic acids is 1. The molecule has 0 aliphatic carbocycles. The van der Waals surface area contributed by atoms with E-state index >= 15 is 0 Å². The van der Waals surface area contributed by atoms with Gasteiger partial charge in [0.15, 0.2) is 5.96 Å². The number of ether oxygens (including phenoxy) is 1. The number of hydrogen-bond acceptors (Lipinski definition) is 4. The van der Waals surface area contributed by atoms with Gasteiger partial charge in [-0.3, -0.25) is 9.79 Å². The van der Waals surface area contributed by atoms with Crippen LogP contribution in [0.2, 0.25) is 0 Å². The second kappa shape index (κ2) is 13.3. The van der Waals surface area contributed by atoms with Gasteiger partial charge >= 0.3 is 0 Å². The van der Waals surface area contributed by atoms with Crippen molar-refractivity contribution in [2.75, 3.05) is 33.3 Å². The second-order valence-electron chi connectivity index (χ2n) is 6.83. The zero-order valence-corrected chi connectivity index (χ0v) is 17.7. The van der Waals surface area contributed by atoms with Crippen LogP contribution in [0.25, 0.3) is 0 Å². The summed E-state index contributed by atoms with van der Waals surface area (Å²) in [5, 5.41) is 19.2. The first-order valence-electron chi connectivity index (χ1n) is 10.2. The SMILES string of the molecule is CCNC(=NCC(O)COCc1ccccc1)NCCc1cccc(C(=O)NC)c1. The molecule has 1 amide bonds. The van der Waals surface area contributed by atoms with E-state index in [1.165, 1.54) is 0 Å². The minimum Gasteiger partial charge on any atom is -0.389 e. The van der Waals surface area contributed by atoms with Crippen molar-refractivity contribution in [2.45, 2.75) is 26.1 Å². The second-order valence-corrected chi connectivity index (χ2v) is 6.83. The number of carbonyl (C=O) groups is 1. The number of aliphatic imine (C=N–C) groups is 1. The molecule has 0 spiro atoms. The van der Waals surface area contributed by atoms with Crippen molar-refractivity contribution in [1.29, 1.82) is 0 Å². The van der Waals surface area contributed by atoms with Crippen molar-refractivity contribution < 1.29 is 14.6 Å². The molecule has 0 aliphatic heterocycles. The van der Waals surface area contributed by atoms with E-state index in [9.17, 15) is 9.90 Å². The summed E-state index contributed by atoms with van der Waals surface area (Å²) in [6.45, 7) is 4.31. The van der Waals surface area contributed by atoms with Crippen LogP contribution in [0.5, 0.6) is 0 Å². The predicted octanol–water partition coefficient (Wildman–Crippen LogP) is 1.72. The zero-order valence-electron chi connectivity index (χ0n) is 17.7. The Morgan fingerprint density at radius 2 is 1.87 bits per heavy atom. The monoisotopic (exact) mass is 412 g/mol. The maximum absolute atomic E-state index is 11.7. The molecule has 2 rings (SSSR count). The van der Waals surface area contributed by atoms with Gasteiger partial charge in [0.05, 0.1) is 25.9 Å². The van der Waals surface area contributed by atoms with E-state index in [-0.39, 0.29) is 19.1 Å². The van der Waals surface area contributed by atoms with Gasteiger partial charge in [-0.25, -0.2) is 0 Å². The molecule has 162 valence electrons. The molecule has 2 aromatic rings. The van der Waals surface area contributed by atoms with Gasteiger partial charge in [-0.2, -0.15) is 0 Å². The molecule has 0 radical (unpaired) electrons. The number of hydrogen-bond donors (Lipinski definition) is 4. The Balaban J connectivity index is 1.76. The van der Waals surface area contributed by atoms with E-state index in [0.29, 0.717) is 24.7 Å². The molecule has 7 nitrogen and oxygen atoms in total. The van der Waals surface area contributed by atoms with Crippen LogP contribution in [0.15, 0.2) is 59.6 Å². The molecule has 30 heavy (non-hydrogen) atoms. The van der Waals surface area contributed by atoms with Crippen LogP contribution in [0.1, 0.15) is 28.4 Å². The molecule has 0 bridgehead atoms. The first kappa shape index (κ1) is 23.4. The number of aliphatic hydroxyl groups is 1. The van der Waals surface area contributed by atoms with Crippen LogP contribution in [-0.2, 0) is 17.8 Å². The molecule has 0 heterocycles. The third kappa shape index (κ3) is 8.63. The van der Waals surface area contributed by atoms with Crippen LogP contribution in [0.3, 0.4) is 0 Å². The van der Waals surface area contributed by atoms with Gasteiger partial charge in [0, 0.05) is 25.7 Å². The molecule has 0 aromatic heterocycles. The Morgan fingerprint density at radius 1 is 1.10 bits per heavy atom. The average Bonchev–Trinajstić information content (AvgIpc) is 2.78. The number of rotatable bonds is 11. The normalized spacial score (nSPS) is 12.3. The molecule has 0 aliphatic rings. The van der Waals surface area contributed by atoms with E-state index < -0.39 is 6.10 Å². The Hall–Kier alpha value is -2.90. The van der Waals surface area contributed by atoms with E-state index in [2.05, 4.69) is 20.9 Å². The minimum absolute atomic E-state index is 0.0943. The summed E-state index contributed by atoms with van der Waals surface area (Å²) in [6, 6.07) is 17.4. The summed E-state index contributed by atoms with van der Waals surface area (Å²) in [4.78, 5) is 16.2. The molecule has 7 heteroatoms. The fourth-order valence-corrected chi connectivity index (χ4v) is 2.82. The summed E-state index contributed by atoms with van der Waals surface area (Å²) in [5.74, 6) is 0.547. The Kier molecular flexibility index (Phi) is 10.4. The Morgan fingerprint density at radius 3 is 2.60 bits per heavy atom. The highest BCUT2D eigenvalue weighted by Crippen LogP contribution is 2.06. The van der Waals surface area contributed by atoms with Gasteiger partial charge in [-0.05, 0) is 36.6 Å². The number of benzene rings is 2. The van der Waals surface area contributed by atoms with Crippen LogP contribution in [0, 0.1) is 0 Å². The molecule has 1 atom stereocenters. The van der Waals surface area contributed by atoms with E-state index in [1.807, 2.05) is 55.5 Å². The summed E-state index contributed by atoms with van der Waals surface area (Å²) >= 11 is 0. The average molecular weight is 413 g/mol. The van der Waals surface area contributed by atoms with E-state index in [1.54, 1.807) is 13.1 Å². The largest absolute Gasteiger partial charge is 0.389 e. The zero-order chi connectivity index (χ0) is 21.6. The topological polar surface area (TPSA) is 95.0 Å². The van der Waals surface area contributed by atoms with Crippen LogP contribution in [-0.4, -0.2) is 56.4 Å². The Labute approximate surface area is 178 Å². The number of nitrogens with zero attached hydrogens (tertiary/aromatic N) is 1. The minimum atomic E-state index is -0.673. The van der Waals surface area contributed by atoms with Gasteiger partial charge in [0.2, 0.25) is 0 Å². The lowest BCUT2D eigenvalue weighted by Gasteiger charge is -2.14. The predicted molar refractivity (Wildman–Crippen MR) is 120 cm³/mol. The molecule has 0 saturated carbocycles. The van der Waals surface area contributed by atoms with Crippen molar-refractivity contribution in [3.05, 3.63) is 71.3 Å². The molecule has 1 unspecified atom stereocenters. The summed E-state index contributed by atoms with van der Waals surface area (Å²) in [5.41, 5.74) is 2.78. The van der Waals surface area contributed by atoms with Crippen molar-refractivity contribution >= 4 is 11.9 Å². The fraction of sp³-hybridized carbons (Fsp3) is 0.391. The van der Waals surface area contributed by atoms with Crippen molar-refractivity contribution in [3.8, 4) is 0 Å². The van der Waals surface area contributed by atoms with Gasteiger partial charge in [-0.1, -0.05) is 42.5 Å². The van der Waals surface area contributed by atoms with Gasteiger partial charge in [0.25, 0.3) is 5.91 Å². The maximum Gasteiger partial charge on any atom is 0.251 e. The number of nitrogens with one attached hydrogen (secondary N) is 3. The van der Waals surface area contributed by atoms with Crippen LogP contribution in [0.4, 0.5) is 0 Å². The molecule has 0 saturated heterocycles. The van der Waals surface area contributed by atoms with Crippen LogP contribution >= 0.6 is 0 Å². The number of guanidine groups is 1. The van der Waals surface area contributed by atoms with E-state index in [0.717, 1.165) is 24.1 Å². The maximum atomic E-state index is 11.7. The highest BCUT2D eigenvalue weighted by atomic mass is 16.5. The quantitative estimate of drug-likeness (QED) is 0.333. The lowest BCUT2D eigenvalue weighted by molar-refractivity contribution is 0.0331. The molecular formula is C23H32N4O3. The van der Waals surface area contributed by atoms with Crippen LogP contribution < -0.4 is 16.0 Å². The Bertz CT molecular complexity index is 796. The molecule has 4 N–H and O–H groups in total. The smallest absolute Gasteiger partial charge is 0.251 e. The standard InChI is InChI=1S/C23H32N4O3/c1-3-25-23(26-13-12-18-10-7-11-20(14-18)22(29)24-2)27-15-21(28)17-30-16-19-8-5-4-6-9-19/h4-11,14,21,28H,3,12-13,15-17H2,1-2H3,(H,24,29)(H2,25,26,27). The molecular weight excluding hydrogens is 380 g/mol. The van der Waals surface area contributed by atoms with Crippen molar-refractivity contribution in [3.63, 3.8) is 0 Å². The van der Waals surface area contributed by atoms with E-state index in [4.69, 9.17) is 4.74 Å². The number of amides is 1. The molecule has 0 fully saturated rings. The lowest BCUT2D eigenvalue weighted by atomic mass is 10.1. The van der Waals surface area contributed by atoms with Gasteiger partial charge in [0.1, 0.15) is 0 Å². The highest BCUT2D eigenvalue weighted by Gasteiger charge is 2.06. The highest BCUT2D eigenvalue weighted by molar-refractivity contribution is 5.94. The van der Waals surface area contributed by atoms with Crippen molar-refractivity contribution in [1.82, 2.24) is 16.0 Å². The fourth-order valence-electron chi connectivity index (χ4n) is 2.82. The summed E-state index contributed by atoms with van der Waals surface area (Å²) in [6.07, 6.45) is 0.0752. The number of aliphatic hydroxyl groups excluding tert-OH is 1. The lowest BCUT2D eigenvalue weighted by Crippen LogP contribution is -2.39.